The molecule has 0 heterocycles. The van der Waals surface area contributed by atoms with E-state index in [-0.39, 0.29) is 29.8 Å². The van der Waals surface area contributed by atoms with Crippen LogP contribution in [0, 0.1) is 5.82 Å². The number of nitrogens with zero attached hydrogens (tertiary/aromatic N) is 1. The molecule has 0 fully saturated rings. The van der Waals surface area contributed by atoms with Gasteiger partial charge in [0.1, 0.15) is 5.82 Å². The van der Waals surface area contributed by atoms with Crippen molar-refractivity contribution >= 4 is 45.6 Å². The van der Waals surface area contributed by atoms with Gasteiger partial charge in [-0.1, -0.05) is 30.3 Å². The molecule has 0 spiro atoms. The number of rotatable bonds is 7. The fraction of sp³-hybridized carbons (Fsp3) is 0.278. The van der Waals surface area contributed by atoms with Crippen molar-refractivity contribution in [3.05, 3.63) is 65.5 Å². The Kier molecular flexibility index (Phi) is 9.50. The molecule has 9 heteroatoms. The fourth-order valence-corrected chi connectivity index (χ4v) is 2.99. The molecule has 0 unspecified atom stereocenters. The number of hydrogen-bond acceptors (Lipinski definition) is 3. The van der Waals surface area contributed by atoms with Crippen LogP contribution in [0.4, 0.5) is 10.1 Å². The van der Waals surface area contributed by atoms with Gasteiger partial charge in [0.25, 0.3) is 0 Å². The van der Waals surface area contributed by atoms with E-state index in [0.29, 0.717) is 31.2 Å². The van der Waals surface area contributed by atoms with Crippen LogP contribution in [0.2, 0.25) is 0 Å². The summed E-state index contributed by atoms with van der Waals surface area (Å²) in [5.74, 6) is 0.329. The lowest BCUT2D eigenvalue weighted by molar-refractivity contribution is 0.606. The van der Waals surface area contributed by atoms with Crippen molar-refractivity contribution in [2.45, 2.75) is 13.0 Å². The molecular formula is C18H24FIN4O2S. The van der Waals surface area contributed by atoms with Crippen LogP contribution < -0.4 is 15.4 Å². The highest BCUT2D eigenvalue weighted by atomic mass is 127. The summed E-state index contributed by atoms with van der Waals surface area (Å²) in [4.78, 5) is 4.14. The summed E-state index contributed by atoms with van der Waals surface area (Å²) in [5, 5.41) is 6.29. The number of halogens is 2. The van der Waals surface area contributed by atoms with Crippen LogP contribution in [0.1, 0.15) is 11.1 Å². The van der Waals surface area contributed by atoms with E-state index in [1.165, 1.54) is 12.1 Å². The van der Waals surface area contributed by atoms with Crippen LogP contribution in [-0.2, 0) is 23.0 Å². The molecular weight excluding hydrogens is 482 g/mol. The van der Waals surface area contributed by atoms with Crippen molar-refractivity contribution in [2.24, 2.45) is 4.99 Å². The molecule has 27 heavy (non-hydrogen) atoms. The Hall–Kier alpha value is -1.88. The monoisotopic (exact) mass is 506 g/mol. The lowest BCUT2D eigenvalue weighted by atomic mass is 10.1. The van der Waals surface area contributed by atoms with Gasteiger partial charge in [-0.15, -0.1) is 24.0 Å². The van der Waals surface area contributed by atoms with Crippen LogP contribution >= 0.6 is 24.0 Å². The first-order chi connectivity index (χ1) is 12.4. The van der Waals surface area contributed by atoms with Gasteiger partial charge in [-0.2, -0.15) is 0 Å². The van der Waals surface area contributed by atoms with Crippen molar-refractivity contribution in [3.63, 3.8) is 0 Å². The first-order valence-electron chi connectivity index (χ1n) is 8.12. The number of anilines is 1. The van der Waals surface area contributed by atoms with E-state index in [1.807, 2.05) is 18.2 Å². The minimum atomic E-state index is -3.35. The Morgan fingerprint density at radius 3 is 2.52 bits per heavy atom. The zero-order chi connectivity index (χ0) is 19.0. The average Bonchev–Trinajstić information content (AvgIpc) is 2.58. The normalized spacial score (nSPS) is 11.4. The molecule has 6 nitrogen and oxygen atoms in total. The summed E-state index contributed by atoms with van der Waals surface area (Å²) in [7, 11) is -1.70. The maximum absolute atomic E-state index is 13.2. The lowest BCUT2D eigenvalue weighted by Crippen LogP contribution is -2.38. The van der Waals surface area contributed by atoms with Crippen molar-refractivity contribution in [1.82, 2.24) is 10.6 Å². The Bertz CT molecular complexity index is 875. The zero-order valence-corrected chi connectivity index (χ0v) is 18.3. The second kappa shape index (κ2) is 11.1. The van der Waals surface area contributed by atoms with E-state index in [4.69, 9.17) is 0 Å². The van der Waals surface area contributed by atoms with Crippen LogP contribution in [0.3, 0.4) is 0 Å². The van der Waals surface area contributed by atoms with E-state index >= 15 is 0 Å². The van der Waals surface area contributed by atoms with E-state index in [2.05, 4.69) is 20.3 Å². The van der Waals surface area contributed by atoms with E-state index in [0.717, 1.165) is 17.4 Å². The Labute approximate surface area is 176 Å². The molecule has 2 rings (SSSR count). The molecule has 148 valence electrons. The second-order valence-electron chi connectivity index (χ2n) is 5.76. The van der Waals surface area contributed by atoms with E-state index in [1.54, 1.807) is 25.2 Å². The lowest BCUT2D eigenvalue weighted by Gasteiger charge is -2.14. The van der Waals surface area contributed by atoms with Crippen molar-refractivity contribution < 1.29 is 12.8 Å². The van der Waals surface area contributed by atoms with E-state index in [9.17, 15) is 12.8 Å². The minimum absolute atomic E-state index is 0. The van der Waals surface area contributed by atoms with Crippen LogP contribution in [0.15, 0.2) is 53.5 Å². The minimum Gasteiger partial charge on any atom is -0.356 e. The quantitative estimate of drug-likeness (QED) is 0.307. The van der Waals surface area contributed by atoms with Crippen LogP contribution in [-0.4, -0.2) is 34.2 Å². The topological polar surface area (TPSA) is 82.6 Å². The molecule has 2 aromatic rings. The number of para-hydroxylation sites is 1. The average molecular weight is 506 g/mol. The Morgan fingerprint density at radius 1 is 1.11 bits per heavy atom. The summed E-state index contributed by atoms with van der Waals surface area (Å²) in [6.45, 7) is 0.991. The van der Waals surface area contributed by atoms with Crippen LogP contribution in [0.25, 0.3) is 0 Å². The van der Waals surface area contributed by atoms with Gasteiger partial charge in [0.2, 0.25) is 10.0 Å². The molecule has 0 saturated heterocycles. The van der Waals surface area contributed by atoms with Gasteiger partial charge < -0.3 is 10.6 Å². The molecule has 2 aromatic carbocycles. The van der Waals surface area contributed by atoms with Crippen LogP contribution in [0.5, 0.6) is 0 Å². The zero-order valence-electron chi connectivity index (χ0n) is 15.2. The van der Waals surface area contributed by atoms with Crippen molar-refractivity contribution in [2.75, 3.05) is 24.6 Å². The highest BCUT2D eigenvalue weighted by Gasteiger charge is 2.07. The molecule has 0 aliphatic rings. The molecule has 0 amide bonds. The SMILES string of the molecule is CN=C(NCCc1cccc(F)c1)NCc1ccccc1NS(C)(=O)=O.I. The van der Waals surface area contributed by atoms with Gasteiger partial charge in [-0.3, -0.25) is 9.71 Å². The standard InChI is InChI=1S/C18H23FN4O2S.HI/c1-20-18(21-11-10-14-6-5-8-16(19)12-14)22-13-15-7-3-4-9-17(15)23-26(2,24)25;/h3-9,12,23H,10-11,13H2,1-2H3,(H2,20,21,22);1H. The highest BCUT2D eigenvalue weighted by molar-refractivity contribution is 14.0. The molecule has 0 atom stereocenters. The van der Waals surface area contributed by atoms with Crippen molar-refractivity contribution in [1.29, 1.82) is 0 Å². The summed E-state index contributed by atoms with van der Waals surface area (Å²) in [6.07, 6.45) is 1.77. The maximum atomic E-state index is 13.2. The maximum Gasteiger partial charge on any atom is 0.229 e. The van der Waals surface area contributed by atoms with Gasteiger partial charge in [0, 0.05) is 20.1 Å². The van der Waals surface area contributed by atoms with Gasteiger partial charge >= 0.3 is 0 Å². The number of nitrogens with one attached hydrogen (secondary N) is 3. The molecule has 0 bridgehead atoms. The first kappa shape index (κ1) is 23.2. The first-order valence-corrected chi connectivity index (χ1v) is 10.0. The third-order valence-corrected chi connectivity index (χ3v) is 4.17. The van der Waals surface area contributed by atoms with Gasteiger partial charge in [-0.05, 0) is 35.7 Å². The number of hydrogen-bond donors (Lipinski definition) is 3. The predicted molar refractivity (Wildman–Crippen MR) is 119 cm³/mol. The predicted octanol–water partition coefficient (Wildman–Crippen LogP) is 2.72. The number of aliphatic imine (C=N–C) groups is 1. The van der Waals surface area contributed by atoms with Crippen molar-refractivity contribution in [3.8, 4) is 0 Å². The third-order valence-electron chi connectivity index (χ3n) is 3.58. The largest absolute Gasteiger partial charge is 0.356 e. The van der Waals surface area contributed by atoms with Gasteiger partial charge in [-0.25, -0.2) is 12.8 Å². The van der Waals surface area contributed by atoms with Gasteiger partial charge in [0.15, 0.2) is 5.96 Å². The summed E-state index contributed by atoms with van der Waals surface area (Å²) >= 11 is 0. The Balaban J connectivity index is 0.00000364. The molecule has 0 aliphatic carbocycles. The molecule has 0 radical (unpaired) electrons. The highest BCUT2D eigenvalue weighted by Crippen LogP contribution is 2.15. The number of benzene rings is 2. The number of guanidine groups is 1. The third kappa shape index (κ3) is 8.57. The van der Waals surface area contributed by atoms with E-state index < -0.39 is 10.0 Å². The summed E-state index contributed by atoms with van der Waals surface area (Å²) in [5.41, 5.74) is 2.22. The summed E-state index contributed by atoms with van der Waals surface area (Å²) < 4.78 is 38.6. The Morgan fingerprint density at radius 2 is 1.85 bits per heavy atom. The molecule has 0 aliphatic heterocycles. The van der Waals surface area contributed by atoms with Gasteiger partial charge in [0.05, 0.1) is 11.9 Å². The molecule has 0 saturated carbocycles. The second-order valence-corrected chi connectivity index (χ2v) is 7.51. The molecule has 3 N–H and O–H groups in total. The summed E-state index contributed by atoms with van der Waals surface area (Å²) in [6, 6.07) is 13.6. The fourth-order valence-electron chi connectivity index (χ4n) is 2.39. The smallest absolute Gasteiger partial charge is 0.229 e. The number of sulfonamides is 1. The molecule has 0 aromatic heterocycles.